The van der Waals surface area contributed by atoms with Gasteiger partial charge in [0.25, 0.3) is 0 Å². The molecule has 0 bridgehead atoms. The van der Waals surface area contributed by atoms with E-state index in [4.69, 9.17) is 28.4 Å². The van der Waals surface area contributed by atoms with Crippen LogP contribution in [0.1, 0.15) is 44.7 Å². The minimum Gasteiger partial charge on any atom is -0.508 e. The van der Waals surface area contributed by atoms with Gasteiger partial charge in [0, 0.05) is 30.2 Å². The van der Waals surface area contributed by atoms with Crippen molar-refractivity contribution in [3.63, 3.8) is 0 Å². The Labute approximate surface area is 290 Å². The number of aromatic hydroxyl groups is 4. The van der Waals surface area contributed by atoms with E-state index in [0.29, 0.717) is 53.4 Å². The maximum Gasteiger partial charge on any atom is 0.338 e. The molecule has 2 atom stereocenters. The van der Waals surface area contributed by atoms with E-state index in [2.05, 4.69) is 0 Å². The van der Waals surface area contributed by atoms with Crippen molar-refractivity contribution in [3.8, 4) is 46.0 Å². The monoisotopic (exact) mass is 690 g/mol. The van der Waals surface area contributed by atoms with Crippen LogP contribution in [0.15, 0.2) is 72.8 Å². The Morgan fingerprint density at radius 1 is 0.520 bits per heavy atom. The maximum absolute atomic E-state index is 13.3. The zero-order valence-electron chi connectivity index (χ0n) is 28.4. The molecule has 12 nitrogen and oxygen atoms in total. The summed E-state index contributed by atoms with van der Waals surface area (Å²) in [5.74, 6) is -0.666. The summed E-state index contributed by atoms with van der Waals surface area (Å²) in [6, 6.07) is 18.0. The van der Waals surface area contributed by atoms with Crippen molar-refractivity contribution in [2.45, 2.75) is 25.7 Å². The summed E-state index contributed by atoms with van der Waals surface area (Å²) in [5, 5.41) is 40.8. The molecule has 0 amide bonds. The van der Waals surface area contributed by atoms with Crippen LogP contribution in [0.3, 0.4) is 0 Å². The highest BCUT2D eigenvalue weighted by atomic mass is 16.5. The van der Waals surface area contributed by atoms with E-state index in [-0.39, 0.29) is 59.7 Å². The van der Waals surface area contributed by atoms with E-state index in [0.717, 1.165) is 0 Å². The highest BCUT2D eigenvalue weighted by molar-refractivity contribution is 5.91. The molecule has 4 aromatic rings. The van der Waals surface area contributed by atoms with Crippen LogP contribution in [0.2, 0.25) is 0 Å². The van der Waals surface area contributed by atoms with Crippen LogP contribution in [0.4, 0.5) is 0 Å². The van der Waals surface area contributed by atoms with Gasteiger partial charge in [-0.05, 0) is 91.3 Å². The number of esters is 2. The number of carbonyl (C=O) groups excluding carboxylic acids is 2. The topological polar surface area (TPSA) is 170 Å². The summed E-state index contributed by atoms with van der Waals surface area (Å²) in [5.41, 5.74) is 1.69. The fourth-order valence-electron chi connectivity index (χ4n) is 5.73. The van der Waals surface area contributed by atoms with E-state index in [1.165, 1.54) is 77.0 Å². The quantitative estimate of drug-likeness (QED) is 0.0748. The third-order valence-corrected chi connectivity index (χ3v) is 8.14. The maximum atomic E-state index is 13.3. The first-order valence-corrected chi connectivity index (χ1v) is 15.8. The largest absolute Gasteiger partial charge is 0.508 e. The second kappa shape index (κ2) is 17.6. The number of benzene rings is 4. The van der Waals surface area contributed by atoms with Crippen LogP contribution in [0, 0.1) is 11.8 Å². The van der Waals surface area contributed by atoms with Crippen molar-refractivity contribution in [1.82, 2.24) is 0 Å². The Balaban J connectivity index is 1.59. The van der Waals surface area contributed by atoms with Gasteiger partial charge in [-0.25, -0.2) is 9.59 Å². The summed E-state index contributed by atoms with van der Waals surface area (Å²) < 4.78 is 32.5. The fraction of sp³-hybridized carbons (Fsp3) is 0.316. The number of hydrogen-bond acceptors (Lipinski definition) is 12. The molecule has 4 aromatic carbocycles. The van der Waals surface area contributed by atoms with Crippen molar-refractivity contribution in [3.05, 3.63) is 95.1 Å². The normalized spacial score (nSPS) is 12.0. The Bertz CT molecular complexity index is 1680. The van der Waals surface area contributed by atoms with E-state index in [1.54, 1.807) is 24.3 Å². The molecule has 0 aromatic heterocycles. The molecular formula is C38H42O12. The molecule has 4 rings (SSSR count). The first-order chi connectivity index (χ1) is 24.0. The van der Waals surface area contributed by atoms with E-state index >= 15 is 0 Å². The molecule has 0 fully saturated rings. The molecule has 0 aliphatic carbocycles. The zero-order chi connectivity index (χ0) is 36.2. The lowest BCUT2D eigenvalue weighted by molar-refractivity contribution is 0.0361. The molecule has 266 valence electrons. The molecule has 0 aliphatic rings. The second-order valence-corrected chi connectivity index (χ2v) is 11.7. The number of methoxy groups -OCH3 is 4. The third kappa shape index (κ3) is 10.6. The van der Waals surface area contributed by atoms with Crippen molar-refractivity contribution in [1.29, 1.82) is 0 Å². The van der Waals surface area contributed by atoms with Gasteiger partial charge in [-0.15, -0.1) is 0 Å². The lowest BCUT2D eigenvalue weighted by Gasteiger charge is -2.28. The van der Waals surface area contributed by atoms with Crippen LogP contribution >= 0.6 is 0 Å². The molecule has 0 unspecified atom stereocenters. The standard InChI is InChI=1S/C38H42O12/c1-45-33-14-26(15-34(20-33)46-2)37(43)49-7-5-6-25(8-23-10-29(39)18-30(40)11-23)28(9-24-12-31(41)19-32(42)13-24)22-50-38(44)27-16-35(47-3)21-36(17-27)48-4/h10-21,25,28,39-42H,5-9,22H2,1-4H3/t25-,28+/m1/s1. The third-order valence-electron chi connectivity index (χ3n) is 8.14. The highest BCUT2D eigenvalue weighted by Crippen LogP contribution is 2.32. The van der Waals surface area contributed by atoms with Gasteiger partial charge < -0.3 is 48.8 Å². The molecule has 0 heterocycles. The highest BCUT2D eigenvalue weighted by Gasteiger charge is 2.26. The van der Waals surface area contributed by atoms with Gasteiger partial charge in [0.1, 0.15) is 46.0 Å². The summed E-state index contributed by atoms with van der Waals surface area (Å²) in [4.78, 5) is 26.2. The summed E-state index contributed by atoms with van der Waals surface area (Å²) in [6.07, 6.45) is 1.48. The Morgan fingerprint density at radius 2 is 0.900 bits per heavy atom. The van der Waals surface area contributed by atoms with Crippen molar-refractivity contribution >= 4 is 11.9 Å². The zero-order valence-corrected chi connectivity index (χ0v) is 28.4. The number of ether oxygens (including phenoxy) is 6. The second-order valence-electron chi connectivity index (χ2n) is 11.7. The minimum atomic E-state index is -0.623. The van der Waals surface area contributed by atoms with Crippen molar-refractivity contribution in [2.24, 2.45) is 11.8 Å². The first kappa shape index (κ1) is 37.0. The molecule has 0 spiro atoms. The Kier molecular flexibility index (Phi) is 13.0. The van der Waals surface area contributed by atoms with Gasteiger partial charge >= 0.3 is 11.9 Å². The van der Waals surface area contributed by atoms with Crippen molar-refractivity contribution < 1.29 is 58.4 Å². The summed E-state index contributed by atoms with van der Waals surface area (Å²) in [6.45, 7) is -0.0171. The van der Waals surface area contributed by atoms with Crippen molar-refractivity contribution in [2.75, 3.05) is 41.7 Å². The Morgan fingerprint density at radius 3 is 1.30 bits per heavy atom. The van der Waals surface area contributed by atoms with Gasteiger partial charge in [0.15, 0.2) is 0 Å². The van der Waals surface area contributed by atoms with Crippen LogP contribution < -0.4 is 18.9 Å². The molecule has 12 heteroatoms. The van der Waals surface area contributed by atoms with E-state index < -0.39 is 17.9 Å². The van der Waals surface area contributed by atoms with Gasteiger partial charge in [-0.2, -0.15) is 0 Å². The molecule has 0 saturated heterocycles. The van der Waals surface area contributed by atoms with E-state index in [1.807, 2.05) is 0 Å². The fourth-order valence-corrected chi connectivity index (χ4v) is 5.73. The molecule has 0 radical (unpaired) electrons. The Hall–Kier alpha value is -5.78. The van der Waals surface area contributed by atoms with Gasteiger partial charge in [0.2, 0.25) is 0 Å². The number of hydrogen-bond donors (Lipinski definition) is 4. The number of carbonyl (C=O) groups is 2. The molecular weight excluding hydrogens is 648 g/mol. The summed E-state index contributed by atoms with van der Waals surface area (Å²) in [7, 11) is 5.91. The molecule has 4 N–H and O–H groups in total. The van der Waals surface area contributed by atoms with Crippen LogP contribution in [-0.2, 0) is 22.3 Å². The lowest BCUT2D eigenvalue weighted by atomic mass is 9.80. The van der Waals surface area contributed by atoms with Gasteiger partial charge in [-0.1, -0.05) is 0 Å². The molecule has 50 heavy (non-hydrogen) atoms. The lowest BCUT2D eigenvalue weighted by Crippen LogP contribution is -2.26. The van der Waals surface area contributed by atoms with Crippen LogP contribution in [-0.4, -0.2) is 74.0 Å². The smallest absolute Gasteiger partial charge is 0.338 e. The predicted molar refractivity (Wildman–Crippen MR) is 183 cm³/mol. The predicted octanol–water partition coefficient (Wildman–Crippen LogP) is 6.06. The SMILES string of the molecule is COc1cc(OC)cc(C(=O)OCCC[C@H](Cc2cc(O)cc(O)c2)[C@H](COC(=O)c2cc(OC)cc(OC)c2)Cc2cc(O)cc(O)c2)c1. The number of rotatable bonds is 17. The average Bonchev–Trinajstić information content (AvgIpc) is 3.09. The van der Waals surface area contributed by atoms with E-state index in [9.17, 15) is 30.0 Å². The minimum absolute atomic E-state index is 0.0587. The number of phenolic OH excluding ortho intramolecular Hbond substituents is 4. The molecule has 0 saturated carbocycles. The average molecular weight is 691 g/mol. The summed E-state index contributed by atoms with van der Waals surface area (Å²) >= 11 is 0. The first-order valence-electron chi connectivity index (χ1n) is 15.8. The number of phenols is 4. The molecule has 0 aliphatic heterocycles. The van der Waals surface area contributed by atoms with Crippen LogP contribution in [0.25, 0.3) is 0 Å². The van der Waals surface area contributed by atoms with Gasteiger partial charge in [0.05, 0.1) is 52.8 Å². The van der Waals surface area contributed by atoms with Gasteiger partial charge in [-0.3, -0.25) is 0 Å². The van der Waals surface area contributed by atoms with Crippen LogP contribution in [0.5, 0.6) is 46.0 Å².